The summed E-state index contributed by atoms with van der Waals surface area (Å²) in [6, 6.07) is 24.5. The molecule has 1 unspecified atom stereocenters. The first-order chi connectivity index (χ1) is 23.1. The van der Waals surface area contributed by atoms with E-state index >= 15 is 4.39 Å². The fraction of sp³-hybridized carbons (Fsp3) is 0.409. The number of unbranched alkanes of at least 4 members (excludes halogenated alkanes) is 1. The molecule has 1 atom stereocenters. The smallest absolute Gasteiger partial charge is 0.221 e. The normalized spacial score (nSPS) is 16.7. The summed E-state index contributed by atoms with van der Waals surface area (Å²) < 4.78 is 21.2. The number of nitrogens with zero attached hydrogens (tertiary/aromatic N) is 3. The minimum absolute atomic E-state index is 0.0794. The van der Waals surface area contributed by atoms with Crippen LogP contribution in [0.15, 0.2) is 79.1 Å². The molecule has 0 radical (unpaired) electrons. The molecule has 3 aromatic carbocycles. The molecule has 0 spiro atoms. The van der Waals surface area contributed by atoms with Crippen molar-refractivity contribution in [2.75, 3.05) is 19.0 Å². The van der Waals surface area contributed by atoms with Gasteiger partial charge in [0.2, 0.25) is 11.4 Å². The Labute approximate surface area is 287 Å². The molecule has 2 aliphatic rings. The molecule has 5 aromatic rings. The quantitative estimate of drug-likeness (QED) is 0.138. The molecule has 0 amide bonds. The first kappa shape index (κ1) is 32.5. The number of hydrogen-bond donors (Lipinski definition) is 0. The fourth-order valence-corrected chi connectivity index (χ4v) is 9.36. The lowest BCUT2D eigenvalue weighted by Gasteiger charge is -2.45. The highest BCUT2D eigenvalue weighted by molar-refractivity contribution is 6.01. The van der Waals surface area contributed by atoms with Crippen LogP contribution in [-0.2, 0) is 30.8 Å². The van der Waals surface area contributed by atoms with Crippen LogP contribution in [0.2, 0.25) is 0 Å². The van der Waals surface area contributed by atoms with Crippen LogP contribution in [0.3, 0.4) is 0 Å². The standard InChI is InChI=1S/C44H52FN3/c1-9-12-15-29-26-31-23-25-48-42-39(31)36(27-29)43(4,5)41-37(45)22-20-33(40(41)42)35(44(48,10-2)11-3)21-18-30-17-19-32(46(6)7)28-34(30)38-16-13-14-24-47(38)8/h13-14,16-17,19-20,22-28,35H,9-12,15,18,21H2,1-8H3/q+2. The molecule has 248 valence electrons. The van der Waals surface area contributed by atoms with E-state index in [9.17, 15) is 0 Å². The van der Waals surface area contributed by atoms with Crippen LogP contribution in [0.4, 0.5) is 10.1 Å². The Morgan fingerprint density at radius 3 is 2.38 bits per heavy atom. The summed E-state index contributed by atoms with van der Waals surface area (Å²) in [7, 11) is 6.35. The molecule has 0 fully saturated rings. The minimum Gasteiger partial charge on any atom is -0.378 e. The van der Waals surface area contributed by atoms with Crippen molar-refractivity contribution < 1.29 is 13.5 Å². The Morgan fingerprint density at radius 1 is 0.875 bits per heavy atom. The van der Waals surface area contributed by atoms with E-state index in [4.69, 9.17) is 0 Å². The van der Waals surface area contributed by atoms with E-state index < -0.39 is 5.41 Å². The predicted molar refractivity (Wildman–Crippen MR) is 197 cm³/mol. The molecule has 0 saturated heterocycles. The average Bonchev–Trinajstić information content (AvgIpc) is 3.08. The minimum atomic E-state index is -0.442. The second kappa shape index (κ2) is 12.1. The monoisotopic (exact) mass is 641 g/mol. The third-order valence-corrected chi connectivity index (χ3v) is 12.0. The summed E-state index contributed by atoms with van der Waals surface area (Å²) in [6.45, 7) is 11.5. The van der Waals surface area contributed by atoms with Crippen molar-refractivity contribution in [1.29, 1.82) is 0 Å². The van der Waals surface area contributed by atoms with E-state index in [-0.39, 0.29) is 17.3 Å². The highest BCUT2D eigenvalue weighted by atomic mass is 19.1. The van der Waals surface area contributed by atoms with Crippen LogP contribution in [0, 0.1) is 5.82 Å². The number of aromatic nitrogens is 2. The number of pyridine rings is 2. The van der Waals surface area contributed by atoms with Gasteiger partial charge >= 0.3 is 0 Å². The van der Waals surface area contributed by atoms with Crippen molar-refractivity contribution in [1.82, 2.24) is 0 Å². The van der Waals surface area contributed by atoms with E-state index in [1.807, 2.05) is 0 Å². The molecule has 2 aromatic heterocycles. The van der Waals surface area contributed by atoms with Gasteiger partial charge < -0.3 is 4.90 Å². The molecule has 0 saturated carbocycles. The molecule has 4 heteroatoms. The number of rotatable bonds is 10. The van der Waals surface area contributed by atoms with Gasteiger partial charge in [0.15, 0.2) is 17.9 Å². The van der Waals surface area contributed by atoms with Gasteiger partial charge in [0, 0.05) is 61.8 Å². The Morgan fingerprint density at radius 2 is 1.67 bits per heavy atom. The van der Waals surface area contributed by atoms with Gasteiger partial charge in [-0.05, 0) is 77.6 Å². The van der Waals surface area contributed by atoms with Crippen molar-refractivity contribution in [3.63, 3.8) is 0 Å². The van der Waals surface area contributed by atoms with Crippen LogP contribution >= 0.6 is 0 Å². The Balaban J connectivity index is 1.43. The summed E-state index contributed by atoms with van der Waals surface area (Å²) in [5.74, 6) is 0.160. The zero-order chi connectivity index (χ0) is 34.0. The maximum Gasteiger partial charge on any atom is 0.221 e. The largest absolute Gasteiger partial charge is 0.378 e. The van der Waals surface area contributed by atoms with E-state index in [1.54, 1.807) is 6.07 Å². The fourth-order valence-electron chi connectivity index (χ4n) is 9.36. The Kier molecular flexibility index (Phi) is 8.21. The van der Waals surface area contributed by atoms with E-state index in [2.05, 4.69) is 143 Å². The SMILES string of the molecule is CCCCc1cc2c3c4[n+](ccc3c1)C(CC)(CC)C(CCc1ccc(N(C)C)cc1-c1cccc[n+]1C)c1ccc(F)c(c1-4)C2(C)C. The maximum absolute atomic E-state index is 16.4. The van der Waals surface area contributed by atoms with Crippen molar-refractivity contribution in [2.24, 2.45) is 7.05 Å². The van der Waals surface area contributed by atoms with Crippen LogP contribution in [0.1, 0.15) is 100 Å². The number of halogens is 1. The highest BCUT2D eigenvalue weighted by Crippen LogP contribution is 2.56. The first-order valence-electron chi connectivity index (χ1n) is 18.2. The van der Waals surface area contributed by atoms with Crippen LogP contribution in [0.5, 0.6) is 0 Å². The summed E-state index contributed by atoms with van der Waals surface area (Å²) >= 11 is 0. The van der Waals surface area contributed by atoms with Gasteiger partial charge in [-0.2, -0.15) is 4.57 Å². The molecule has 0 bridgehead atoms. The third-order valence-electron chi connectivity index (χ3n) is 12.0. The van der Waals surface area contributed by atoms with Gasteiger partial charge in [-0.1, -0.05) is 65.3 Å². The van der Waals surface area contributed by atoms with Gasteiger partial charge in [0.05, 0.1) is 22.4 Å². The zero-order valence-electron chi connectivity index (χ0n) is 30.3. The lowest BCUT2D eigenvalue weighted by atomic mass is 9.61. The van der Waals surface area contributed by atoms with Gasteiger partial charge in [-0.15, -0.1) is 0 Å². The van der Waals surface area contributed by atoms with Crippen molar-refractivity contribution in [3.05, 3.63) is 113 Å². The maximum atomic E-state index is 16.4. The second-order valence-corrected chi connectivity index (χ2v) is 15.1. The topological polar surface area (TPSA) is 11.0 Å². The Bertz CT molecular complexity index is 2030. The van der Waals surface area contributed by atoms with E-state index in [0.29, 0.717) is 0 Å². The summed E-state index contributed by atoms with van der Waals surface area (Å²) in [5, 5.41) is 2.62. The predicted octanol–water partition coefficient (Wildman–Crippen LogP) is 9.72. The van der Waals surface area contributed by atoms with Crippen LogP contribution in [0.25, 0.3) is 33.3 Å². The number of aryl methyl sites for hydroxylation is 3. The van der Waals surface area contributed by atoms with Gasteiger partial charge in [-0.25, -0.2) is 8.96 Å². The summed E-state index contributed by atoms with van der Waals surface area (Å²) in [5.41, 5.74) is 11.7. The van der Waals surface area contributed by atoms with Gasteiger partial charge in [0.1, 0.15) is 12.9 Å². The van der Waals surface area contributed by atoms with Gasteiger partial charge in [0.25, 0.3) is 0 Å². The number of anilines is 1. The number of benzene rings is 3. The lowest BCUT2D eigenvalue weighted by molar-refractivity contribution is -0.762. The molecule has 3 nitrogen and oxygen atoms in total. The Hall–Kier alpha value is -4.05. The van der Waals surface area contributed by atoms with Crippen molar-refractivity contribution in [2.45, 2.75) is 96.4 Å². The highest BCUT2D eigenvalue weighted by Gasteiger charge is 2.55. The molecule has 0 N–H and O–H groups in total. The molecule has 1 aliphatic carbocycles. The van der Waals surface area contributed by atoms with Crippen molar-refractivity contribution >= 4 is 16.5 Å². The molecule has 3 heterocycles. The summed E-state index contributed by atoms with van der Waals surface area (Å²) in [4.78, 5) is 2.18. The lowest BCUT2D eigenvalue weighted by Crippen LogP contribution is -2.63. The summed E-state index contributed by atoms with van der Waals surface area (Å²) in [6.07, 6.45) is 11.8. The molecule has 7 rings (SSSR count). The van der Waals surface area contributed by atoms with Gasteiger partial charge in [-0.3, -0.25) is 0 Å². The second-order valence-electron chi connectivity index (χ2n) is 15.1. The average molecular weight is 642 g/mol. The molecular formula is C44H52FN3+2. The molecule has 48 heavy (non-hydrogen) atoms. The van der Waals surface area contributed by atoms with Crippen molar-refractivity contribution in [3.8, 4) is 22.5 Å². The third kappa shape index (κ3) is 4.81. The zero-order valence-corrected chi connectivity index (χ0v) is 30.3. The first-order valence-corrected chi connectivity index (χ1v) is 18.2. The molecule has 1 aliphatic heterocycles. The van der Waals surface area contributed by atoms with E-state index in [1.165, 1.54) is 68.5 Å². The van der Waals surface area contributed by atoms with Crippen LogP contribution in [-0.4, -0.2) is 14.1 Å². The van der Waals surface area contributed by atoms with Crippen LogP contribution < -0.4 is 14.0 Å². The number of hydrogen-bond acceptors (Lipinski definition) is 1. The van der Waals surface area contributed by atoms with E-state index in [0.717, 1.165) is 43.2 Å². The molecular weight excluding hydrogens is 590 g/mol.